The Balaban J connectivity index is 1.57. The van der Waals surface area contributed by atoms with Gasteiger partial charge in [-0.2, -0.15) is 0 Å². The number of methoxy groups -OCH3 is 1. The molecule has 1 aromatic carbocycles. The van der Waals surface area contributed by atoms with E-state index in [1.165, 1.54) is 43.7 Å². The molecule has 126 valence electrons. The lowest BCUT2D eigenvalue weighted by Gasteiger charge is -2.29. The minimum atomic E-state index is 0.646. The van der Waals surface area contributed by atoms with E-state index < -0.39 is 0 Å². The summed E-state index contributed by atoms with van der Waals surface area (Å²) in [5.41, 5.74) is 2.88. The third kappa shape index (κ3) is 3.11. The van der Waals surface area contributed by atoms with Crippen LogP contribution in [-0.4, -0.2) is 59.6 Å². The fraction of sp³-hybridized carbons (Fsp3) is 0.667. The molecule has 3 aliphatic heterocycles. The molecule has 2 bridgehead atoms. The van der Waals surface area contributed by atoms with Crippen LogP contribution in [-0.2, 0) is 11.3 Å². The Bertz CT molecular complexity index is 529. The molecular weight excluding hydrogens is 290 g/mol. The number of benzene rings is 1. The zero-order valence-electron chi connectivity index (χ0n) is 14.2. The van der Waals surface area contributed by atoms with Crippen molar-refractivity contribution in [2.75, 3.05) is 59.6 Å². The molecule has 3 saturated heterocycles. The Labute approximate surface area is 138 Å². The second-order valence-corrected chi connectivity index (χ2v) is 7.21. The summed E-state index contributed by atoms with van der Waals surface area (Å²) < 4.78 is 11.1. The molecule has 5 heteroatoms. The molecule has 2 unspecified atom stereocenters. The molecule has 2 atom stereocenters. The zero-order chi connectivity index (χ0) is 15.6. The van der Waals surface area contributed by atoms with Gasteiger partial charge in [0.05, 0.1) is 39.0 Å². The standard InChI is InChI=1S/C18H27N3O2/c1-22-17-4-3-15(18-20-5-2-6-21(18)8-7-20)13-16(17)14-19-9-11-23-12-10-19/h3-4,13,18H,2,5-12,14H2,1H3/p+3. The summed E-state index contributed by atoms with van der Waals surface area (Å²) in [4.78, 5) is 5.17. The average molecular weight is 320 g/mol. The van der Waals surface area contributed by atoms with Crippen LogP contribution in [0.2, 0.25) is 0 Å². The number of nitrogens with one attached hydrogen (secondary N) is 3. The zero-order valence-corrected chi connectivity index (χ0v) is 14.2. The molecule has 0 spiro atoms. The van der Waals surface area contributed by atoms with E-state index in [1.807, 2.05) is 0 Å². The van der Waals surface area contributed by atoms with Gasteiger partial charge < -0.3 is 14.4 Å². The Hall–Kier alpha value is -1.14. The molecule has 1 aromatic rings. The molecule has 23 heavy (non-hydrogen) atoms. The molecule has 0 aromatic heterocycles. The van der Waals surface area contributed by atoms with Gasteiger partial charge in [0.25, 0.3) is 0 Å². The predicted molar refractivity (Wildman–Crippen MR) is 87.0 cm³/mol. The normalized spacial score (nSPS) is 31.3. The van der Waals surface area contributed by atoms with Crippen LogP contribution in [0.5, 0.6) is 5.75 Å². The molecule has 0 radical (unpaired) electrons. The fourth-order valence-electron chi connectivity index (χ4n) is 4.67. The van der Waals surface area contributed by atoms with E-state index in [9.17, 15) is 0 Å². The maximum atomic E-state index is 5.64. The Morgan fingerprint density at radius 1 is 1.04 bits per heavy atom. The molecule has 4 rings (SSSR count). The van der Waals surface area contributed by atoms with Gasteiger partial charge in [0.2, 0.25) is 6.17 Å². The first-order valence-electron chi connectivity index (χ1n) is 9.12. The van der Waals surface area contributed by atoms with Crippen molar-refractivity contribution in [1.82, 2.24) is 0 Å². The highest BCUT2D eigenvalue weighted by Gasteiger charge is 2.43. The predicted octanol–water partition coefficient (Wildman–Crippen LogP) is -2.70. The highest BCUT2D eigenvalue weighted by atomic mass is 16.5. The van der Waals surface area contributed by atoms with E-state index in [1.54, 1.807) is 21.8 Å². The summed E-state index contributed by atoms with van der Waals surface area (Å²) in [5, 5.41) is 0. The summed E-state index contributed by atoms with van der Waals surface area (Å²) in [6.45, 7) is 10.4. The van der Waals surface area contributed by atoms with E-state index in [2.05, 4.69) is 18.2 Å². The van der Waals surface area contributed by atoms with Crippen molar-refractivity contribution in [2.45, 2.75) is 19.1 Å². The third-order valence-electron chi connectivity index (χ3n) is 5.86. The minimum absolute atomic E-state index is 0.646. The summed E-state index contributed by atoms with van der Waals surface area (Å²) in [5.74, 6) is 1.05. The number of hydrogen-bond donors (Lipinski definition) is 3. The maximum Gasteiger partial charge on any atom is 0.240 e. The van der Waals surface area contributed by atoms with Gasteiger partial charge >= 0.3 is 0 Å². The lowest BCUT2D eigenvalue weighted by atomic mass is 10.0. The minimum Gasteiger partial charge on any atom is -0.496 e. The van der Waals surface area contributed by atoms with Crippen molar-refractivity contribution in [3.05, 3.63) is 29.3 Å². The molecule has 5 nitrogen and oxygen atoms in total. The largest absolute Gasteiger partial charge is 0.496 e. The van der Waals surface area contributed by atoms with Gasteiger partial charge in [-0.1, -0.05) is 0 Å². The summed E-state index contributed by atoms with van der Waals surface area (Å²) in [6.07, 6.45) is 2.02. The second kappa shape index (κ2) is 6.77. The molecule has 0 aliphatic carbocycles. The van der Waals surface area contributed by atoms with Gasteiger partial charge in [-0.15, -0.1) is 0 Å². The van der Waals surface area contributed by atoms with Crippen LogP contribution in [0.4, 0.5) is 0 Å². The van der Waals surface area contributed by atoms with E-state index >= 15 is 0 Å². The van der Waals surface area contributed by atoms with Crippen LogP contribution in [0.3, 0.4) is 0 Å². The van der Waals surface area contributed by atoms with Crippen molar-refractivity contribution in [1.29, 1.82) is 0 Å². The number of quaternary nitrogens is 3. The number of rotatable bonds is 4. The maximum absolute atomic E-state index is 5.64. The van der Waals surface area contributed by atoms with Crippen molar-refractivity contribution in [3.8, 4) is 5.75 Å². The average Bonchev–Trinajstić information content (AvgIpc) is 2.84. The lowest BCUT2D eigenvalue weighted by Crippen LogP contribution is -3.26. The topological polar surface area (TPSA) is 31.8 Å². The van der Waals surface area contributed by atoms with Crippen LogP contribution < -0.4 is 19.4 Å². The number of fused-ring (bicyclic) bond motifs is 2. The summed E-state index contributed by atoms with van der Waals surface area (Å²) in [7, 11) is 1.79. The van der Waals surface area contributed by atoms with E-state index in [0.717, 1.165) is 38.6 Å². The number of ether oxygens (including phenoxy) is 2. The molecule has 0 saturated carbocycles. The number of hydrogen-bond acceptors (Lipinski definition) is 2. The summed E-state index contributed by atoms with van der Waals surface area (Å²) in [6, 6.07) is 6.93. The van der Waals surface area contributed by atoms with Crippen molar-refractivity contribution >= 4 is 0 Å². The summed E-state index contributed by atoms with van der Waals surface area (Å²) >= 11 is 0. The Morgan fingerprint density at radius 2 is 1.78 bits per heavy atom. The SMILES string of the molecule is COc1ccc(C2[NH+]3CCC[NH+]2CC3)cc1C[NH+]1CCOCC1. The van der Waals surface area contributed by atoms with Gasteiger partial charge in [-0.25, -0.2) is 0 Å². The first-order valence-corrected chi connectivity index (χ1v) is 9.12. The van der Waals surface area contributed by atoms with E-state index in [-0.39, 0.29) is 0 Å². The molecule has 3 N–H and O–H groups in total. The van der Waals surface area contributed by atoms with Crippen LogP contribution >= 0.6 is 0 Å². The first-order chi connectivity index (χ1) is 11.3. The quantitative estimate of drug-likeness (QED) is 0.564. The fourth-order valence-corrected chi connectivity index (χ4v) is 4.67. The van der Waals surface area contributed by atoms with Gasteiger partial charge in [0.1, 0.15) is 38.5 Å². The van der Waals surface area contributed by atoms with Crippen LogP contribution in [0, 0.1) is 0 Å². The molecule has 0 amide bonds. The highest BCUT2D eigenvalue weighted by Crippen LogP contribution is 2.21. The molecular formula is C18H30N3O2+3. The van der Waals surface area contributed by atoms with Crippen molar-refractivity contribution in [2.24, 2.45) is 0 Å². The second-order valence-electron chi connectivity index (χ2n) is 7.21. The lowest BCUT2D eigenvalue weighted by molar-refractivity contribution is -1.09. The van der Waals surface area contributed by atoms with Crippen molar-refractivity contribution < 1.29 is 24.2 Å². The third-order valence-corrected chi connectivity index (χ3v) is 5.86. The number of morpholine rings is 1. The molecule has 3 heterocycles. The highest BCUT2D eigenvalue weighted by molar-refractivity contribution is 5.37. The van der Waals surface area contributed by atoms with Gasteiger partial charge in [0, 0.05) is 12.0 Å². The van der Waals surface area contributed by atoms with Crippen molar-refractivity contribution in [3.63, 3.8) is 0 Å². The van der Waals surface area contributed by atoms with E-state index in [4.69, 9.17) is 9.47 Å². The molecule has 3 fully saturated rings. The Kier molecular flexibility index (Phi) is 4.53. The van der Waals surface area contributed by atoms with E-state index in [0.29, 0.717) is 6.17 Å². The Morgan fingerprint density at radius 3 is 2.48 bits per heavy atom. The van der Waals surface area contributed by atoms with Gasteiger partial charge in [0.15, 0.2) is 0 Å². The molecule has 3 aliphatic rings. The smallest absolute Gasteiger partial charge is 0.240 e. The van der Waals surface area contributed by atoms with Gasteiger partial charge in [-0.3, -0.25) is 9.80 Å². The van der Waals surface area contributed by atoms with Gasteiger partial charge in [-0.05, 0) is 18.2 Å². The van der Waals surface area contributed by atoms with Crippen LogP contribution in [0.25, 0.3) is 0 Å². The van der Waals surface area contributed by atoms with Crippen LogP contribution in [0.15, 0.2) is 18.2 Å². The first kappa shape index (κ1) is 15.4. The van der Waals surface area contributed by atoms with Crippen LogP contribution in [0.1, 0.15) is 23.7 Å². The monoisotopic (exact) mass is 320 g/mol.